The number of aromatic hydroxyl groups is 1. The number of ether oxygens (including phenoxy) is 3. The summed E-state index contributed by atoms with van der Waals surface area (Å²) < 4.78 is 23.5. The highest BCUT2D eigenvalue weighted by molar-refractivity contribution is 5.97. The fourth-order valence-corrected chi connectivity index (χ4v) is 7.35. The van der Waals surface area contributed by atoms with E-state index in [1.807, 2.05) is 38.1 Å². The number of nitrogens with zero attached hydrogens (tertiary/aromatic N) is 1. The first kappa shape index (κ1) is 41.1. The van der Waals surface area contributed by atoms with Gasteiger partial charge in [0.25, 0.3) is 0 Å². The third-order valence-corrected chi connectivity index (χ3v) is 10.2. The van der Waals surface area contributed by atoms with Crippen molar-refractivity contribution in [2.24, 2.45) is 4.99 Å². The lowest BCUT2D eigenvalue weighted by Crippen LogP contribution is -3.09. The summed E-state index contributed by atoms with van der Waals surface area (Å²) in [4.78, 5) is 59.9. The van der Waals surface area contributed by atoms with Gasteiger partial charge in [0.05, 0.1) is 23.5 Å². The highest BCUT2D eigenvalue weighted by Crippen LogP contribution is 2.36. The second-order valence-electron chi connectivity index (χ2n) is 14.4. The minimum Gasteiger partial charge on any atom is -0.548 e. The van der Waals surface area contributed by atoms with Crippen LogP contribution >= 0.6 is 0 Å². The van der Waals surface area contributed by atoms with Gasteiger partial charge in [-0.1, -0.05) is 29.3 Å². The van der Waals surface area contributed by atoms with Gasteiger partial charge in [-0.3, -0.25) is 10.1 Å². The number of carbonyl (C=O) groups excluding carboxylic acids is 3. The number of carboxylic acids is 1. The number of aldehydes is 1. The molecule has 0 saturated carbocycles. The van der Waals surface area contributed by atoms with E-state index in [2.05, 4.69) is 10.3 Å². The number of aliphatic hydroxyl groups is 3. The van der Waals surface area contributed by atoms with Crippen molar-refractivity contribution in [1.82, 2.24) is 5.32 Å². The summed E-state index contributed by atoms with van der Waals surface area (Å²) in [7, 11) is 0. The number of rotatable bonds is 15. The monoisotopic (exact) mass is 811 g/mol. The Morgan fingerprint density at radius 2 is 1.85 bits per heavy atom. The Labute approximate surface area is 336 Å². The second kappa shape index (κ2) is 17.0. The Balaban J connectivity index is 1.23. The molecule has 308 valence electrons. The van der Waals surface area contributed by atoms with Crippen molar-refractivity contribution >= 4 is 41.1 Å². The number of hydrogen-bond acceptors (Lipinski definition) is 16. The largest absolute Gasteiger partial charge is 0.548 e. The number of quaternary nitrogens is 1. The minimum atomic E-state index is -2.57. The lowest BCUT2D eigenvalue weighted by Gasteiger charge is -2.47. The number of phenolic OH excluding ortho intramolecular Hbond substituents is 1. The number of aliphatic hydroxyl groups excluding tert-OH is 2. The maximum Gasteiger partial charge on any atom is 0.329 e. The maximum absolute atomic E-state index is 13.5. The van der Waals surface area contributed by atoms with Crippen LogP contribution < -0.4 is 25.7 Å². The zero-order valence-corrected chi connectivity index (χ0v) is 31.8. The standard InChI is InChI=1S/C42H41N3O14/c1-22-14-23(2)16-26(15-22)35-33-25(10-12-44-33)18-45(35)59-38-41(57-28-8-9-29-31(17-28)55-19-30(36(29)49)24-4-6-27(48)7-5-24)58-32(37(50)42(38,54)21-47)20-56-40(53)34(39(51)52)43-11-3-13-46/h4-10,12-17,19,32,34,37-38,41,43,47-48,50,54H,3,11,18,20-21H2,1-2H3,(H,51,52). The molecule has 1 aromatic heterocycles. The van der Waals surface area contributed by atoms with Crippen LogP contribution in [0.3, 0.4) is 0 Å². The number of aliphatic carboxylic acids is 1. The number of esters is 1. The predicted octanol–water partition coefficient (Wildman–Crippen LogP) is -0.611. The van der Waals surface area contributed by atoms with E-state index in [0.29, 0.717) is 28.3 Å². The molecule has 1 fully saturated rings. The van der Waals surface area contributed by atoms with Crippen LogP contribution in [0.25, 0.3) is 27.8 Å². The van der Waals surface area contributed by atoms with Crippen LogP contribution in [0.15, 0.2) is 98.5 Å². The van der Waals surface area contributed by atoms with E-state index in [-0.39, 0.29) is 53.0 Å². The zero-order valence-electron chi connectivity index (χ0n) is 31.8. The number of fused-ring (bicyclic) bond motifs is 2. The molecule has 3 aromatic carbocycles. The van der Waals surface area contributed by atoms with Gasteiger partial charge in [0.1, 0.15) is 66.7 Å². The van der Waals surface area contributed by atoms with Crippen LogP contribution in [0.1, 0.15) is 23.1 Å². The number of carbonyl (C=O) groups is 3. The van der Waals surface area contributed by atoms with Crippen molar-refractivity contribution < 1.29 is 68.4 Å². The summed E-state index contributed by atoms with van der Waals surface area (Å²) >= 11 is 0. The first-order valence-corrected chi connectivity index (χ1v) is 18.6. The Morgan fingerprint density at radius 3 is 2.54 bits per heavy atom. The van der Waals surface area contributed by atoms with Crippen molar-refractivity contribution in [3.8, 4) is 22.6 Å². The van der Waals surface area contributed by atoms with Crippen molar-refractivity contribution in [2.75, 3.05) is 26.3 Å². The summed E-state index contributed by atoms with van der Waals surface area (Å²) in [6.45, 7) is 1.97. The number of aryl methyl sites for hydroxylation is 2. The molecule has 17 heteroatoms. The number of carboxylic acid groups (broad SMARTS) is 1. The topological polar surface area (TPSA) is 251 Å². The molecule has 6 N–H and O–H groups in total. The van der Waals surface area contributed by atoms with E-state index >= 15 is 0 Å². The van der Waals surface area contributed by atoms with Gasteiger partial charge in [0.2, 0.25) is 12.4 Å². The highest BCUT2D eigenvalue weighted by atomic mass is 16.8. The van der Waals surface area contributed by atoms with Crippen LogP contribution in [-0.4, -0.2) is 107 Å². The lowest BCUT2D eigenvalue weighted by molar-refractivity contribution is -1.04. The highest BCUT2D eigenvalue weighted by Gasteiger charge is 2.60. The van der Waals surface area contributed by atoms with Crippen LogP contribution in [-0.2, 0) is 28.7 Å². The van der Waals surface area contributed by atoms with Crippen LogP contribution in [0.2, 0.25) is 0 Å². The summed E-state index contributed by atoms with van der Waals surface area (Å²) in [6, 6.07) is 14.2. The molecule has 3 aliphatic heterocycles. The van der Waals surface area contributed by atoms with Crippen molar-refractivity contribution in [1.29, 1.82) is 0 Å². The fraction of sp³-hybridized carbons (Fsp3) is 0.310. The molecule has 7 atom stereocenters. The molecule has 4 aromatic rings. The summed E-state index contributed by atoms with van der Waals surface area (Å²) in [5, 5.41) is 58.8. The third-order valence-electron chi connectivity index (χ3n) is 10.2. The van der Waals surface area contributed by atoms with Gasteiger partial charge < -0.3 is 53.7 Å². The third kappa shape index (κ3) is 8.30. The number of aliphatic imine (C=N–C) groups is 1. The molecule has 0 spiro atoms. The van der Waals surface area contributed by atoms with Crippen molar-refractivity contribution in [3.63, 3.8) is 0 Å². The maximum atomic E-state index is 13.5. The Bertz CT molecular complexity index is 2410. The van der Waals surface area contributed by atoms with Crippen LogP contribution in [0, 0.1) is 13.8 Å². The average molecular weight is 812 g/mol. The number of benzene rings is 3. The number of phenols is 1. The van der Waals surface area contributed by atoms with Gasteiger partial charge in [-0.05, 0) is 61.9 Å². The Hall–Kier alpha value is -6.05. The molecule has 0 radical (unpaired) electrons. The van der Waals surface area contributed by atoms with Crippen LogP contribution in [0.4, 0.5) is 0 Å². The lowest BCUT2D eigenvalue weighted by atomic mass is 9.84. The number of nitrogens with one attached hydrogen (secondary N) is 2. The molecule has 59 heavy (non-hydrogen) atoms. The molecule has 0 amide bonds. The molecular formula is C42H41N3O14. The number of hydrogen-bond donors (Lipinski definition) is 6. The van der Waals surface area contributed by atoms with Crippen molar-refractivity contribution in [2.45, 2.75) is 56.5 Å². The minimum absolute atomic E-state index is 0.0247. The summed E-state index contributed by atoms with van der Waals surface area (Å²) in [5.41, 5.74) is 2.66. The molecule has 3 aliphatic rings. The van der Waals surface area contributed by atoms with Gasteiger partial charge in [0.15, 0.2) is 16.7 Å². The fourth-order valence-electron chi connectivity index (χ4n) is 7.35. The molecule has 7 rings (SSSR count). The molecule has 7 unspecified atom stereocenters. The quantitative estimate of drug-likeness (QED) is 0.0379. The van der Waals surface area contributed by atoms with Gasteiger partial charge in [-0.2, -0.15) is 9.90 Å². The van der Waals surface area contributed by atoms with Gasteiger partial charge in [0, 0.05) is 36.4 Å². The van der Waals surface area contributed by atoms with Crippen LogP contribution in [0.5, 0.6) is 11.5 Å². The Kier molecular flexibility index (Phi) is 11.9. The van der Waals surface area contributed by atoms with E-state index in [4.69, 9.17) is 23.5 Å². The van der Waals surface area contributed by atoms with E-state index in [9.17, 15) is 44.7 Å². The second-order valence-corrected chi connectivity index (χ2v) is 14.4. The molecule has 0 aliphatic carbocycles. The van der Waals surface area contributed by atoms with E-state index in [0.717, 1.165) is 22.3 Å². The Morgan fingerprint density at radius 1 is 1.10 bits per heavy atom. The van der Waals surface area contributed by atoms with Gasteiger partial charge in [-0.25, -0.2) is 9.79 Å². The molecule has 0 bridgehead atoms. The SMILES string of the molecule is Cc1cc(C)cc(C2=C3N=CC=C3C[NH+]2OC2C(Oc3ccc4c(=O)c(-c5ccc(O)cc5)coc4c3)OC(COC(=O)C(NCCC=O)C(=O)[O-])C(O)C2(O)CO)c1. The van der Waals surface area contributed by atoms with E-state index < -0.39 is 61.4 Å². The summed E-state index contributed by atoms with van der Waals surface area (Å²) in [6.07, 6.45) is -1.86. The van der Waals surface area contributed by atoms with Crippen molar-refractivity contribution in [3.05, 3.63) is 111 Å². The predicted molar refractivity (Wildman–Crippen MR) is 205 cm³/mol. The molecule has 17 nitrogen and oxygen atoms in total. The molecule has 1 saturated heterocycles. The zero-order chi connectivity index (χ0) is 42.0. The van der Waals surface area contributed by atoms with E-state index in [1.54, 1.807) is 18.3 Å². The van der Waals surface area contributed by atoms with Gasteiger partial charge >= 0.3 is 5.97 Å². The first-order valence-electron chi connectivity index (χ1n) is 18.6. The summed E-state index contributed by atoms with van der Waals surface area (Å²) in [5.74, 6) is -3.11. The van der Waals surface area contributed by atoms with E-state index in [1.165, 1.54) is 36.6 Å². The average Bonchev–Trinajstić information content (AvgIpc) is 3.80. The number of allylic oxidation sites excluding steroid dienone is 1. The molecular weight excluding hydrogens is 770 g/mol. The smallest absolute Gasteiger partial charge is 0.329 e. The first-order chi connectivity index (χ1) is 28.3. The van der Waals surface area contributed by atoms with Gasteiger partial charge in [-0.15, -0.1) is 0 Å². The number of hydroxylamine groups is 2. The normalized spacial score (nSPS) is 24.2. The molecule has 4 heterocycles.